The number of nitrogens with one attached hydrogen (secondary N) is 1. The number of rotatable bonds is 6. The third-order valence-electron chi connectivity index (χ3n) is 3.71. The van der Waals surface area contributed by atoms with E-state index in [9.17, 15) is 9.59 Å². The van der Waals surface area contributed by atoms with Crippen molar-refractivity contribution in [2.24, 2.45) is 0 Å². The molecule has 2 aromatic rings. The first-order chi connectivity index (χ1) is 11.9. The number of benzene rings is 2. The Kier molecular flexibility index (Phi) is 6.17. The van der Waals surface area contributed by atoms with Gasteiger partial charge in [-0.1, -0.05) is 12.1 Å². The van der Waals surface area contributed by atoms with Gasteiger partial charge in [0.1, 0.15) is 5.75 Å². The Morgan fingerprint density at radius 2 is 1.76 bits per heavy atom. The summed E-state index contributed by atoms with van der Waals surface area (Å²) in [5, 5.41) is 2.80. The molecule has 0 atom stereocenters. The van der Waals surface area contributed by atoms with E-state index in [1.807, 2.05) is 39.0 Å². The summed E-state index contributed by atoms with van der Waals surface area (Å²) in [7, 11) is 0. The number of aryl methyl sites for hydroxylation is 3. The van der Waals surface area contributed by atoms with Crippen molar-refractivity contribution in [2.75, 3.05) is 18.5 Å². The fourth-order valence-electron chi connectivity index (χ4n) is 2.34. The van der Waals surface area contributed by atoms with Crippen molar-refractivity contribution >= 4 is 17.6 Å². The van der Waals surface area contributed by atoms with E-state index in [1.54, 1.807) is 25.1 Å². The summed E-state index contributed by atoms with van der Waals surface area (Å²) in [6.07, 6.45) is 0. The first-order valence-corrected chi connectivity index (χ1v) is 8.18. The molecule has 0 aliphatic carbocycles. The average molecular weight is 341 g/mol. The van der Waals surface area contributed by atoms with Crippen molar-refractivity contribution in [3.05, 3.63) is 58.7 Å². The SMILES string of the molecule is CCOC(=O)c1ccc(NC(=O)COc2cc(C)ccc2C)c(C)c1. The lowest BCUT2D eigenvalue weighted by Crippen LogP contribution is -2.21. The third kappa shape index (κ3) is 5.08. The highest BCUT2D eigenvalue weighted by molar-refractivity contribution is 5.94. The fourth-order valence-corrected chi connectivity index (χ4v) is 2.34. The van der Waals surface area contributed by atoms with Gasteiger partial charge < -0.3 is 14.8 Å². The standard InChI is InChI=1S/C20H23NO4/c1-5-24-20(23)16-8-9-17(15(4)11-16)21-19(22)12-25-18-10-13(2)6-7-14(18)3/h6-11H,5,12H2,1-4H3,(H,21,22). The predicted molar refractivity (Wildman–Crippen MR) is 97.2 cm³/mol. The van der Waals surface area contributed by atoms with Crippen LogP contribution in [0.25, 0.3) is 0 Å². The number of esters is 1. The van der Waals surface area contributed by atoms with Gasteiger partial charge in [-0.15, -0.1) is 0 Å². The lowest BCUT2D eigenvalue weighted by molar-refractivity contribution is -0.118. The van der Waals surface area contributed by atoms with Gasteiger partial charge in [-0.05, 0) is 68.7 Å². The van der Waals surface area contributed by atoms with Crippen LogP contribution in [0, 0.1) is 20.8 Å². The Morgan fingerprint density at radius 3 is 2.44 bits per heavy atom. The van der Waals surface area contributed by atoms with Crippen LogP contribution in [0.4, 0.5) is 5.69 Å². The summed E-state index contributed by atoms with van der Waals surface area (Å²) in [6, 6.07) is 10.9. The van der Waals surface area contributed by atoms with Gasteiger partial charge in [0, 0.05) is 5.69 Å². The maximum absolute atomic E-state index is 12.1. The molecule has 2 aromatic carbocycles. The quantitative estimate of drug-likeness (QED) is 0.812. The third-order valence-corrected chi connectivity index (χ3v) is 3.71. The lowest BCUT2D eigenvalue weighted by Gasteiger charge is -2.12. The van der Waals surface area contributed by atoms with Crippen LogP contribution in [0.1, 0.15) is 34.0 Å². The van der Waals surface area contributed by atoms with Crippen molar-refractivity contribution in [1.82, 2.24) is 0 Å². The Bertz CT molecular complexity index is 783. The molecule has 25 heavy (non-hydrogen) atoms. The van der Waals surface area contributed by atoms with Crippen LogP contribution in [0.2, 0.25) is 0 Å². The molecule has 0 aromatic heterocycles. The molecule has 1 N–H and O–H groups in total. The second-order valence-corrected chi connectivity index (χ2v) is 5.86. The zero-order valence-corrected chi connectivity index (χ0v) is 15.0. The van der Waals surface area contributed by atoms with E-state index >= 15 is 0 Å². The van der Waals surface area contributed by atoms with Crippen molar-refractivity contribution < 1.29 is 19.1 Å². The van der Waals surface area contributed by atoms with E-state index in [2.05, 4.69) is 5.32 Å². The summed E-state index contributed by atoms with van der Waals surface area (Å²) in [6.45, 7) is 7.74. The van der Waals surface area contributed by atoms with Crippen molar-refractivity contribution in [3.8, 4) is 5.75 Å². The average Bonchev–Trinajstić information content (AvgIpc) is 2.57. The van der Waals surface area contributed by atoms with Crippen molar-refractivity contribution in [1.29, 1.82) is 0 Å². The first-order valence-electron chi connectivity index (χ1n) is 8.18. The Balaban J connectivity index is 1.98. The molecule has 0 bridgehead atoms. The molecule has 0 saturated carbocycles. The van der Waals surface area contributed by atoms with Crippen LogP contribution < -0.4 is 10.1 Å². The van der Waals surface area contributed by atoms with Gasteiger partial charge in [-0.25, -0.2) is 4.79 Å². The van der Waals surface area contributed by atoms with E-state index in [1.165, 1.54) is 0 Å². The van der Waals surface area contributed by atoms with Crippen LogP contribution in [0.15, 0.2) is 36.4 Å². The highest BCUT2D eigenvalue weighted by Crippen LogP contribution is 2.20. The van der Waals surface area contributed by atoms with Gasteiger partial charge >= 0.3 is 5.97 Å². The highest BCUT2D eigenvalue weighted by atomic mass is 16.5. The molecular weight excluding hydrogens is 318 g/mol. The van der Waals surface area contributed by atoms with E-state index < -0.39 is 0 Å². The Labute approximate surface area is 148 Å². The van der Waals surface area contributed by atoms with Crippen LogP contribution >= 0.6 is 0 Å². The minimum atomic E-state index is -0.373. The van der Waals surface area contributed by atoms with Gasteiger partial charge in [0.25, 0.3) is 5.91 Å². The van der Waals surface area contributed by atoms with Gasteiger partial charge in [0.05, 0.1) is 12.2 Å². The molecule has 5 heteroatoms. The van der Waals surface area contributed by atoms with Crippen LogP contribution in [0.3, 0.4) is 0 Å². The van der Waals surface area contributed by atoms with E-state index in [0.717, 1.165) is 16.7 Å². The zero-order valence-electron chi connectivity index (χ0n) is 15.0. The van der Waals surface area contributed by atoms with Crippen LogP contribution in [-0.4, -0.2) is 25.1 Å². The van der Waals surface area contributed by atoms with Gasteiger partial charge in [-0.3, -0.25) is 4.79 Å². The van der Waals surface area contributed by atoms with Crippen molar-refractivity contribution in [2.45, 2.75) is 27.7 Å². The molecule has 0 saturated heterocycles. The number of hydrogen-bond donors (Lipinski definition) is 1. The molecule has 0 fully saturated rings. The molecule has 0 aliphatic heterocycles. The molecule has 0 heterocycles. The van der Waals surface area contributed by atoms with E-state index in [-0.39, 0.29) is 18.5 Å². The molecule has 1 amide bonds. The van der Waals surface area contributed by atoms with E-state index in [4.69, 9.17) is 9.47 Å². The first kappa shape index (κ1) is 18.5. The Hall–Kier alpha value is -2.82. The summed E-state index contributed by atoms with van der Waals surface area (Å²) < 4.78 is 10.6. The minimum Gasteiger partial charge on any atom is -0.483 e. The second-order valence-electron chi connectivity index (χ2n) is 5.86. The molecule has 0 aliphatic rings. The summed E-state index contributed by atoms with van der Waals surface area (Å²) in [5.74, 6) is 0.0687. The lowest BCUT2D eigenvalue weighted by atomic mass is 10.1. The number of amides is 1. The maximum atomic E-state index is 12.1. The summed E-state index contributed by atoms with van der Waals surface area (Å²) in [5.41, 5.74) is 3.94. The molecule has 0 spiro atoms. The predicted octanol–water partition coefficient (Wildman–Crippen LogP) is 3.81. The monoisotopic (exact) mass is 341 g/mol. The highest BCUT2D eigenvalue weighted by Gasteiger charge is 2.11. The molecular formula is C20H23NO4. The number of carbonyl (C=O) groups excluding carboxylic acids is 2. The molecule has 132 valence electrons. The summed E-state index contributed by atoms with van der Waals surface area (Å²) in [4.78, 5) is 23.8. The minimum absolute atomic E-state index is 0.0800. The second kappa shape index (κ2) is 8.33. The number of hydrogen-bond acceptors (Lipinski definition) is 4. The number of ether oxygens (including phenoxy) is 2. The maximum Gasteiger partial charge on any atom is 0.338 e. The van der Waals surface area contributed by atoms with Gasteiger partial charge in [-0.2, -0.15) is 0 Å². The molecule has 0 radical (unpaired) electrons. The van der Waals surface area contributed by atoms with Crippen LogP contribution in [0.5, 0.6) is 5.75 Å². The van der Waals surface area contributed by atoms with Crippen molar-refractivity contribution in [3.63, 3.8) is 0 Å². The van der Waals surface area contributed by atoms with E-state index in [0.29, 0.717) is 23.6 Å². The van der Waals surface area contributed by atoms with Gasteiger partial charge in [0.15, 0.2) is 6.61 Å². The Morgan fingerprint density at radius 1 is 1.00 bits per heavy atom. The molecule has 2 rings (SSSR count). The van der Waals surface area contributed by atoms with Crippen LogP contribution in [-0.2, 0) is 9.53 Å². The largest absolute Gasteiger partial charge is 0.483 e. The zero-order chi connectivity index (χ0) is 18.4. The topological polar surface area (TPSA) is 64.6 Å². The molecule has 0 unspecified atom stereocenters. The normalized spacial score (nSPS) is 10.2. The van der Waals surface area contributed by atoms with Gasteiger partial charge in [0.2, 0.25) is 0 Å². The fraction of sp³-hybridized carbons (Fsp3) is 0.300. The number of anilines is 1. The summed E-state index contributed by atoms with van der Waals surface area (Å²) >= 11 is 0. The molecule has 5 nitrogen and oxygen atoms in total. The number of carbonyl (C=O) groups is 2. The smallest absolute Gasteiger partial charge is 0.338 e.